The third kappa shape index (κ3) is 1.78. The van der Waals surface area contributed by atoms with Gasteiger partial charge in [-0.15, -0.1) is 0 Å². The highest BCUT2D eigenvalue weighted by atomic mass is 16.2. The van der Waals surface area contributed by atoms with Gasteiger partial charge in [0.05, 0.1) is 0 Å². The van der Waals surface area contributed by atoms with Gasteiger partial charge in [-0.25, -0.2) is 0 Å². The Balaban J connectivity index is 1.49. The number of hydrogen-bond donors (Lipinski definition) is 2. The van der Waals surface area contributed by atoms with Crippen molar-refractivity contribution in [1.29, 1.82) is 0 Å². The lowest BCUT2D eigenvalue weighted by Crippen LogP contribution is -2.46. The summed E-state index contributed by atoms with van der Waals surface area (Å²) in [6.45, 7) is 2.08. The van der Waals surface area contributed by atoms with Gasteiger partial charge >= 0.3 is 0 Å². The highest BCUT2D eigenvalue weighted by molar-refractivity contribution is 5.82. The average Bonchev–Trinajstić information content (AvgIpc) is 2.75. The van der Waals surface area contributed by atoms with Gasteiger partial charge in [0.15, 0.2) is 0 Å². The fourth-order valence-corrected chi connectivity index (χ4v) is 3.48. The smallest absolute Gasteiger partial charge is 0.223 e. The molecule has 3 aliphatic rings. The largest absolute Gasteiger partial charge is 0.352 e. The molecule has 1 heterocycles. The van der Waals surface area contributed by atoms with E-state index in [0.29, 0.717) is 17.9 Å². The van der Waals surface area contributed by atoms with Crippen molar-refractivity contribution >= 4 is 5.91 Å². The normalized spacial score (nSPS) is 43.5. The second-order valence-electron chi connectivity index (χ2n) is 5.34. The Morgan fingerprint density at radius 2 is 1.93 bits per heavy atom. The number of carbonyl (C=O) groups is 1. The second-order valence-corrected chi connectivity index (χ2v) is 5.34. The highest BCUT2D eigenvalue weighted by Crippen LogP contribution is 2.57. The van der Waals surface area contributed by atoms with Gasteiger partial charge < -0.3 is 10.6 Å². The summed E-state index contributed by atoms with van der Waals surface area (Å²) in [5, 5.41) is 6.54. The predicted octanol–water partition coefficient (Wildman–Crippen LogP) is 0.901. The number of nitrogens with one attached hydrogen (secondary N) is 2. The lowest BCUT2D eigenvalue weighted by atomic mass is 10.1. The maximum Gasteiger partial charge on any atom is 0.223 e. The van der Waals surface area contributed by atoms with Crippen LogP contribution in [0.2, 0.25) is 0 Å². The van der Waals surface area contributed by atoms with Crippen molar-refractivity contribution < 1.29 is 4.79 Å². The Morgan fingerprint density at radius 1 is 1.13 bits per heavy atom. The van der Waals surface area contributed by atoms with E-state index in [0.717, 1.165) is 31.3 Å². The van der Waals surface area contributed by atoms with E-state index < -0.39 is 0 Å². The first-order valence-electron chi connectivity index (χ1n) is 6.37. The Kier molecular flexibility index (Phi) is 2.43. The quantitative estimate of drug-likeness (QED) is 0.708. The number of carbonyl (C=O) groups excluding carboxylic acids is 1. The summed E-state index contributed by atoms with van der Waals surface area (Å²) in [5.41, 5.74) is 0. The van der Waals surface area contributed by atoms with E-state index in [1.165, 1.54) is 25.7 Å². The molecule has 84 valence electrons. The van der Waals surface area contributed by atoms with Crippen LogP contribution in [0.5, 0.6) is 0 Å². The van der Waals surface area contributed by atoms with Crippen LogP contribution in [-0.2, 0) is 4.79 Å². The summed E-state index contributed by atoms with van der Waals surface area (Å²) in [4.78, 5) is 11.9. The van der Waals surface area contributed by atoms with E-state index in [9.17, 15) is 4.79 Å². The Labute approximate surface area is 91.0 Å². The fourth-order valence-electron chi connectivity index (χ4n) is 3.48. The standard InChI is InChI=1S/C12H20N2O/c15-12(11-9-4-1-5-10(9)11)14-8-3-2-6-13-7-8/h8-11,13H,1-7H2,(H,14,15). The zero-order chi connectivity index (χ0) is 10.3. The maximum atomic E-state index is 11.9. The van der Waals surface area contributed by atoms with Crippen LogP contribution in [0.3, 0.4) is 0 Å². The van der Waals surface area contributed by atoms with E-state index in [4.69, 9.17) is 0 Å². The lowest BCUT2D eigenvalue weighted by molar-refractivity contribution is -0.123. The molecule has 0 bridgehead atoms. The molecule has 2 N–H and O–H groups in total. The van der Waals surface area contributed by atoms with Gasteiger partial charge in [-0.05, 0) is 44.1 Å². The number of amides is 1. The first kappa shape index (κ1) is 9.64. The van der Waals surface area contributed by atoms with Gasteiger partial charge in [0.1, 0.15) is 0 Å². The molecule has 2 saturated carbocycles. The van der Waals surface area contributed by atoms with Crippen LogP contribution in [0, 0.1) is 17.8 Å². The summed E-state index contributed by atoms with van der Waals surface area (Å²) in [6, 6.07) is 0.396. The number of hydrogen-bond acceptors (Lipinski definition) is 2. The Bertz CT molecular complexity index is 250. The number of fused-ring (bicyclic) bond motifs is 1. The van der Waals surface area contributed by atoms with Crippen molar-refractivity contribution in [2.45, 2.75) is 38.1 Å². The average molecular weight is 208 g/mol. The molecule has 15 heavy (non-hydrogen) atoms. The van der Waals surface area contributed by atoms with Gasteiger partial charge in [-0.2, -0.15) is 0 Å². The minimum Gasteiger partial charge on any atom is -0.352 e. The Hall–Kier alpha value is -0.570. The lowest BCUT2D eigenvalue weighted by Gasteiger charge is -2.24. The molecule has 3 atom stereocenters. The molecule has 1 amide bonds. The molecule has 0 aromatic carbocycles. The molecule has 3 nitrogen and oxygen atoms in total. The molecule has 3 unspecified atom stereocenters. The van der Waals surface area contributed by atoms with Gasteiger partial charge in [-0.3, -0.25) is 4.79 Å². The van der Waals surface area contributed by atoms with E-state index in [-0.39, 0.29) is 0 Å². The zero-order valence-electron chi connectivity index (χ0n) is 9.17. The summed E-state index contributed by atoms with van der Waals surface area (Å²) >= 11 is 0. The monoisotopic (exact) mass is 208 g/mol. The summed E-state index contributed by atoms with van der Waals surface area (Å²) in [6.07, 6.45) is 6.30. The molecule has 0 radical (unpaired) electrons. The molecule has 3 fully saturated rings. The Morgan fingerprint density at radius 3 is 2.60 bits per heavy atom. The van der Waals surface area contributed by atoms with Crippen LogP contribution in [0.15, 0.2) is 0 Å². The van der Waals surface area contributed by atoms with Crippen molar-refractivity contribution in [3.8, 4) is 0 Å². The van der Waals surface area contributed by atoms with Crippen LogP contribution in [0.1, 0.15) is 32.1 Å². The number of rotatable bonds is 2. The summed E-state index contributed by atoms with van der Waals surface area (Å²) in [7, 11) is 0. The van der Waals surface area contributed by atoms with E-state index >= 15 is 0 Å². The molecule has 0 spiro atoms. The molecule has 0 aromatic rings. The maximum absolute atomic E-state index is 11.9. The van der Waals surface area contributed by atoms with Gasteiger partial charge in [-0.1, -0.05) is 6.42 Å². The fraction of sp³-hybridized carbons (Fsp3) is 0.917. The third-order valence-electron chi connectivity index (χ3n) is 4.35. The van der Waals surface area contributed by atoms with Crippen molar-refractivity contribution in [2.75, 3.05) is 13.1 Å². The topological polar surface area (TPSA) is 41.1 Å². The van der Waals surface area contributed by atoms with E-state index in [2.05, 4.69) is 10.6 Å². The summed E-state index contributed by atoms with van der Waals surface area (Å²) < 4.78 is 0. The molecule has 3 rings (SSSR count). The first-order chi connectivity index (χ1) is 7.36. The van der Waals surface area contributed by atoms with Crippen LogP contribution in [-0.4, -0.2) is 25.0 Å². The van der Waals surface area contributed by atoms with Crippen LogP contribution in [0.4, 0.5) is 0 Å². The molecular formula is C12H20N2O. The minimum absolute atomic E-state index is 0.346. The molecule has 3 heteroatoms. The van der Waals surface area contributed by atoms with Crippen molar-refractivity contribution in [2.24, 2.45) is 17.8 Å². The predicted molar refractivity (Wildman–Crippen MR) is 58.4 cm³/mol. The van der Waals surface area contributed by atoms with E-state index in [1.807, 2.05) is 0 Å². The van der Waals surface area contributed by atoms with Crippen LogP contribution < -0.4 is 10.6 Å². The number of piperidine rings is 1. The molecular weight excluding hydrogens is 188 g/mol. The van der Waals surface area contributed by atoms with Crippen molar-refractivity contribution in [1.82, 2.24) is 10.6 Å². The molecule has 1 aliphatic heterocycles. The van der Waals surface area contributed by atoms with Gasteiger partial charge in [0, 0.05) is 18.5 Å². The zero-order valence-corrected chi connectivity index (χ0v) is 9.17. The molecule has 2 aliphatic carbocycles. The highest BCUT2D eigenvalue weighted by Gasteiger charge is 2.56. The van der Waals surface area contributed by atoms with Crippen LogP contribution in [0.25, 0.3) is 0 Å². The minimum atomic E-state index is 0.346. The van der Waals surface area contributed by atoms with Crippen molar-refractivity contribution in [3.05, 3.63) is 0 Å². The van der Waals surface area contributed by atoms with Gasteiger partial charge in [0.25, 0.3) is 0 Å². The SMILES string of the molecule is O=C(NC1CCCNC1)C1C2CCCC21. The van der Waals surface area contributed by atoms with Crippen LogP contribution >= 0.6 is 0 Å². The second kappa shape index (κ2) is 3.78. The third-order valence-corrected chi connectivity index (χ3v) is 4.35. The molecule has 1 saturated heterocycles. The van der Waals surface area contributed by atoms with Crippen molar-refractivity contribution in [3.63, 3.8) is 0 Å². The first-order valence-corrected chi connectivity index (χ1v) is 6.37. The molecule has 0 aromatic heterocycles. The van der Waals surface area contributed by atoms with E-state index in [1.54, 1.807) is 0 Å². The summed E-state index contributed by atoms with van der Waals surface area (Å²) in [5.74, 6) is 2.24. The van der Waals surface area contributed by atoms with Gasteiger partial charge in [0.2, 0.25) is 5.91 Å².